The Morgan fingerprint density at radius 3 is 2.42 bits per heavy atom. The Morgan fingerprint density at radius 1 is 1.12 bits per heavy atom. The molecule has 0 bridgehead atoms. The van der Waals surface area contributed by atoms with Crippen LogP contribution in [0.2, 0.25) is 0 Å². The Labute approximate surface area is 156 Å². The third kappa shape index (κ3) is 3.88. The Morgan fingerprint density at radius 2 is 1.77 bits per heavy atom. The second-order valence-electron chi connectivity index (χ2n) is 6.02. The molecule has 0 unspecified atom stereocenters. The molecule has 134 valence electrons. The van der Waals surface area contributed by atoms with Crippen molar-refractivity contribution in [2.24, 2.45) is 7.05 Å². The molecular formula is C19H20N4O2S. The number of carbonyl (C=O) groups is 1. The van der Waals surface area contributed by atoms with Crippen LogP contribution in [0.5, 0.6) is 5.75 Å². The van der Waals surface area contributed by atoms with E-state index in [0.717, 1.165) is 22.4 Å². The molecule has 0 fully saturated rings. The predicted octanol–water partition coefficient (Wildman–Crippen LogP) is 3.54. The van der Waals surface area contributed by atoms with Crippen LogP contribution in [-0.4, -0.2) is 31.5 Å². The van der Waals surface area contributed by atoms with Crippen LogP contribution >= 0.6 is 11.8 Å². The summed E-state index contributed by atoms with van der Waals surface area (Å²) in [6, 6.07) is 12.7. The van der Waals surface area contributed by atoms with Crippen LogP contribution in [0.15, 0.2) is 47.6 Å². The number of nitrogens with zero attached hydrogens (tertiary/aromatic N) is 3. The first-order valence-corrected chi connectivity index (χ1v) is 9.12. The number of aromatic nitrogens is 3. The molecule has 1 amide bonds. The summed E-state index contributed by atoms with van der Waals surface area (Å²) in [6.45, 7) is 3.95. The number of aromatic hydroxyl groups is 1. The van der Waals surface area contributed by atoms with E-state index in [9.17, 15) is 9.90 Å². The fourth-order valence-corrected chi connectivity index (χ4v) is 3.33. The number of hydrogen-bond acceptors (Lipinski definition) is 5. The number of hydrogen-bond donors (Lipinski definition) is 2. The molecule has 1 heterocycles. The van der Waals surface area contributed by atoms with Gasteiger partial charge in [-0.3, -0.25) is 4.79 Å². The molecule has 0 spiro atoms. The molecular weight excluding hydrogens is 348 g/mol. The lowest BCUT2D eigenvalue weighted by Gasteiger charge is -2.11. The van der Waals surface area contributed by atoms with Gasteiger partial charge in [0, 0.05) is 18.3 Å². The molecule has 0 radical (unpaired) electrons. The SMILES string of the molecule is Cc1cccc(C)c1NC(=O)CSc1nnc(-c2ccc(O)cc2)n1C. The summed E-state index contributed by atoms with van der Waals surface area (Å²) >= 11 is 1.33. The molecule has 1 aromatic heterocycles. The lowest BCUT2D eigenvalue weighted by Crippen LogP contribution is -2.16. The van der Waals surface area contributed by atoms with Gasteiger partial charge in [0.25, 0.3) is 0 Å². The smallest absolute Gasteiger partial charge is 0.234 e. The largest absolute Gasteiger partial charge is 0.508 e. The molecule has 26 heavy (non-hydrogen) atoms. The van der Waals surface area contributed by atoms with Crippen molar-refractivity contribution in [2.45, 2.75) is 19.0 Å². The normalized spacial score (nSPS) is 10.7. The van der Waals surface area contributed by atoms with Crippen molar-refractivity contribution in [3.63, 3.8) is 0 Å². The van der Waals surface area contributed by atoms with Gasteiger partial charge in [0.1, 0.15) is 5.75 Å². The van der Waals surface area contributed by atoms with Gasteiger partial charge >= 0.3 is 0 Å². The molecule has 0 atom stereocenters. The molecule has 0 saturated carbocycles. The van der Waals surface area contributed by atoms with E-state index in [1.54, 1.807) is 24.3 Å². The van der Waals surface area contributed by atoms with E-state index in [-0.39, 0.29) is 17.4 Å². The Hall–Kier alpha value is -2.80. The van der Waals surface area contributed by atoms with E-state index in [4.69, 9.17) is 0 Å². The highest BCUT2D eigenvalue weighted by atomic mass is 32.2. The van der Waals surface area contributed by atoms with Gasteiger partial charge in [0.2, 0.25) is 5.91 Å². The van der Waals surface area contributed by atoms with E-state index in [1.165, 1.54) is 11.8 Å². The first-order chi connectivity index (χ1) is 12.5. The van der Waals surface area contributed by atoms with Gasteiger partial charge in [-0.05, 0) is 49.2 Å². The van der Waals surface area contributed by atoms with E-state index in [1.807, 2.05) is 43.7 Å². The fraction of sp³-hybridized carbons (Fsp3) is 0.211. The number of aryl methyl sites for hydroxylation is 2. The van der Waals surface area contributed by atoms with Crippen molar-refractivity contribution >= 4 is 23.4 Å². The van der Waals surface area contributed by atoms with Crippen molar-refractivity contribution in [3.8, 4) is 17.1 Å². The average molecular weight is 368 g/mol. The molecule has 0 aliphatic carbocycles. The Kier molecular flexibility index (Phi) is 5.27. The molecule has 2 aromatic carbocycles. The number of phenolic OH excluding ortho intramolecular Hbond substituents is 1. The van der Waals surface area contributed by atoms with Crippen LogP contribution in [0.1, 0.15) is 11.1 Å². The van der Waals surface area contributed by atoms with Crippen molar-refractivity contribution < 1.29 is 9.90 Å². The summed E-state index contributed by atoms with van der Waals surface area (Å²) in [5.41, 5.74) is 3.79. The van der Waals surface area contributed by atoms with Crippen molar-refractivity contribution in [3.05, 3.63) is 53.6 Å². The minimum Gasteiger partial charge on any atom is -0.508 e. The Balaban J connectivity index is 1.67. The van der Waals surface area contributed by atoms with E-state index >= 15 is 0 Å². The molecule has 6 nitrogen and oxygen atoms in total. The predicted molar refractivity (Wildman–Crippen MR) is 103 cm³/mol. The number of anilines is 1. The third-order valence-corrected chi connectivity index (χ3v) is 5.06. The maximum Gasteiger partial charge on any atom is 0.234 e. The quantitative estimate of drug-likeness (QED) is 0.674. The van der Waals surface area contributed by atoms with Crippen LogP contribution in [0.4, 0.5) is 5.69 Å². The van der Waals surface area contributed by atoms with Crippen molar-refractivity contribution in [1.82, 2.24) is 14.8 Å². The molecule has 0 aliphatic rings. The second kappa shape index (κ2) is 7.61. The van der Waals surface area contributed by atoms with Crippen LogP contribution in [0.25, 0.3) is 11.4 Å². The summed E-state index contributed by atoms with van der Waals surface area (Å²) in [6.07, 6.45) is 0. The number of thioether (sulfide) groups is 1. The topological polar surface area (TPSA) is 80.0 Å². The summed E-state index contributed by atoms with van der Waals surface area (Å²) in [5, 5.41) is 21.4. The monoisotopic (exact) mass is 368 g/mol. The minimum absolute atomic E-state index is 0.0819. The maximum atomic E-state index is 12.3. The van der Waals surface area contributed by atoms with Gasteiger partial charge in [-0.15, -0.1) is 10.2 Å². The highest BCUT2D eigenvalue weighted by molar-refractivity contribution is 7.99. The zero-order chi connectivity index (χ0) is 18.7. The van der Waals surface area contributed by atoms with Gasteiger partial charge in [0.05, 0.1) is 5.75 Å². The molecule has 0 aliphatic heterocycles. The summed E-state index contributed by atoms with van der Waals surface area (Å²) in [5.74, 6) is 1.05. The number of benzene rings is 2. The molecule has 3 aromatic rings. The average Bonchev–Trinajstić information content (AvgIpc) is 2.98. The summed E-state index contributed by atoms with van der Waals surface area (Å²) in [7, 11) is 1.86. The minimum atomic E-state index is -0.0819. The fourth-order valence-electron chi connectivity index (χ4n) is 2.62. The van der Waals surface area contributed by atoms with Crippen LogP contribution < -0.4 is 5.32 Å². The first-order valence-electron chi connectivity index (χ1n) is 8.13. The molecule has 0 saturated heterocycles. The van der Waals surface area contributed by atoms with Gasteiger partial charge < -0.3 is 15.0 Å². The molecule has 2 N–H and O–H groups in total. The lowest BCUT2D eigenvalue weighted by molar-refractivity contribution is -0.113. The number of nitrogens with one attached hydrogen (secondary N) is 1. The summed E-state index contributed by atoms with van der Waals surface area (Å²) in [4.78, 5) is 12.3. The molecule has 3 rings (SSSR count). The zero-order valence-electron chi connectivity index (χ0n) is 14.9. The lowest BCUT2D eigenvalue weighted by atomic mass is 10.1. The molecule has 7 heteroatoms. The van der Waals surface area contributed by atoms with Gasteiger partial charge in [-0.2, -0.15) is 0 Å². The standard InChI is InChI=1S/C19H20N4O2S/c1-12-5-4-6-13(2)17(12)20-16(25)11-26-19-22-21-18(23(19)3)14-7-9-15(24)10-8-14/h4-10,24H,11H2,1-3H3,(H,20,25). The number of carbonyl (C=O) groups excluding carboxylic acids is 1. The van der Waals surface area contributed by atoms with E-state index in [2.05, 4.69) is 15.5 Å². The van der Waals surface area contributed by atoms with Crippen LogP contribution in [0, 0.1) is 13.8 Å². The van der Waals surface area contributed by atoms with E-state index < -0.39 is 0 Å². The third-order valence-electron chi connectivity index (χ3n) is 4.04. The first kappa shape index (κ1) is 18.0. The number of phenols is 1. The van der Waals surface area contributed by atoms with Gasteiger partial charge in [-0.1, -0.05) is 30.0 Å². The number of para-hydroxylation sites is 1. The van der Waals surface area contributed by atoms with E-state index in [0.29, 0.717) is 11.0 Å². The maximum absolute atomic E-state index is 12.3. The van der Waals surface area contributed by atoms with Crippen molar-refractivity contribution in [2.75, 3.05) is 11.1 Å². The van der Waals surface area contributed by atoms with Crippen molar-refractivity contribution in [1.29, 1.82) is 0 Å². The van der Waals surface area contributed by atoms with Gasteiger partial charge in [0.15, 0.2) is 11.0 Å². The van der Waals surface area contributed by atoms with Crippen LogP contribution in [0.3, 0.4) is 0 Å². The highest BCUT2D eigenvalue weighted by Gasteiger charge is 2.14. The van der Waals surface area contributed by atoms with Gasteiger partial charge in [-0.25, -0.2) is 0 Å². The van der Waals surface area contributed by atoms with Crippen LogP contribution in [-0.2, 0) is 11.8 Å². The number of amides is 1. The highest BCUT2D eigenvalue weighted by Crippen LogP contribution is 2.25. The number of rotatable bonds is 5. The second-order valence-corrected chi connectivity index (χ2v) is 6.96. The zero-order valence-corrected chi connectivity index (χ0v) is 15.7. The Bertz CT molecular complexity index is 915. The summed E-state index contributed by atoms with van der Waals surface area (Å²) < 4.78 is 1.84.